The van der Waals surface area contributed by atoms with Gasteiger partial charge < -0.3 is 4.74 Å². The average molecular weight is 294 g/mol. The van der Waals surface area contributed by atoms with Crippen molar-refractivity contribution in [3.05, 3.63) is 53.6 Å². The predicted octanol–water partition coefficient (Wildman–Crippen LogP) is 5.42. The molecular weight excluding hydrogens is 272 g/mol. The molecule has 1 unspecified atom stereocenters. The molecule has 1 atom stereocenters. The van der Waals surface area contributed by atoms with Crippen molar-refractivity contribution in [1.29, 1.82) is 0 Å². The molecule has 0 spiro atoms. The molecule has 0 saturated carbocycles. The molecule has 2 nitrogen and oxygen atoms in total. The van der Waals surface area contributed by atoms with Crippen LogP contribution in [0.3, 0.4) is 0 Å². The first-order valence-corrected chi connectivity index (χ1v) is 8.16. The maximum atomic E-state index is 12.0. The van der Waals surface area contributed by atoms with Crippen LogP contribution in [0.4, 0.5) is 0 Å². The Balaban J connectivity index is 2.01. The molecule has 0 aliphatic heterocycles. The summed E-state index contributed by atoms with van der Waals surface area (Å²) >= 11 is 0. The number of unbranched alkanes of at least 4 members (excludes halogenated alkanes) is 1. The Labute approximate surface area is 131 Å². The largest absolute Gasteiger partial charge is 0.453 e. The number of allylic oxidation sites excluding steroid dienone is 1. The number of esters is 1. The zero-order chi connectivity index (χ0) is 15.5. The lowest BCUT2D eigenvalue weighted by Gasteiger charge is -2.25. The summed E-state index contributed by atoms with van der Waals surface area (Å²) in [6.45, 7) is 4.23. The van der Waals surface area contributed by atoms with Crippen LogP contribution in [0.15, 0.2) is 42.5 Å². The third kappa shape index (κ3) is 2.66. The molecule has 0 fully saturated rings. The van der Waals surface area contributed by atoms with Crippen LogP contribution in [0.2, 0.25) is 0 Å². The highest BCUT2D eigenvalue weighted by Crippen LogP contribution is 2.40. The highest BCUT2D eigenvalue weighted by Gasteiger charge is 2.23. The molecule has 0 N–H and O–H groups in total. The fourth-order valence-corrected chi connectivity index (χ4v) is 3.16. The maximum Gasteiger partial charge on any atom is 0.306 e. The number of rotatable bonds is 5. The highest BCUT2D eigenvalue weighted by atomic mass is 16.5. The summed E-state index contributed by atoms with van der Waals surface area (Å²) in [5, 5.41) is 2.45. The Bertz CT molecular complexity index is 722. The Kier molecular flexibility index (Phi) is 4.28. The van der Waals surface area contributed by atoms with E-state index in [-0.39, 0.29) is 12.1 Å². The van der Waals surface area contributed by atoms with Gasteiger partial charge in [0.1, 0.15) is 6.10 Å². The van der Waals surface area contributed by atoms with Crippen molar-refractivity contribution in [3.63, 3.8) is 0 Å². The van der Waals surface area contributed by atoms with E-state index in [9.17, 15) is 4.79 Å². The van der Waals surface area contributed by atoms with Crippen molar-refractivity contribution in [3.8, 4) is 0 Å². The first kappa shape index (κ1) is 14.8. The number of carbonyl (C=O) groups is 1. The number of hydrogen-bond donors (Lipinski definition) is 0. The van der Waals surface area contributed by atoms with Gasteiger partial charge >= 0.3 is 5.97 Å². The van der Waals surface area contributed by atoms with Crippen LogP contribution < -0.4 is 0 Å². The normalized spacial score (nSPS) is 16.5. The summed E-state index contributed by atoms with van der Waals surface area (Å²) in [6, 6.07) is 12.6. The molecule has 2 aromatic rings. The lowest BCUT2D eigenvalue weighted by Crippen LogP contribution is -2.13. The minimum absolute atomic E-state index is 0.102. The van der Waals surface area contributed by atoms with Crippen molar-refractivity contribution >= 4 is 22.3 Å². The van der Waals surface area contributed by atoms with E-state index in [1.54, 1.807) is 0 Å². The van der Waals surface area contributed by atoms with Gasteiger partial charge in [-0.05, 0) is 40.8 Å². The van der Waals surface area contributed by atoms with Gasteiger partial charge in [-0.3, -0.25) is 4.79 Å². The van der Waals surface area contributed by atoms with E-state index in [2.05, 4.69) is 50.3 Å². The minimum Gasteiger partial charge on any atom is -0.453 e. The molecule has 0 radical (unpaired) electrons. The van der Waals surface area contributed by atoms with Crippen LogP contribution in [-0.4, -0.2) is 5.97 Å². The van der Waals surface area contributed by atoms with Gasteiger partial charge in [0.15, 0.2) is 0 Å². The van der Waals surface area contributed by atoms with Crippen LogP contribution in [0.5, 0.6) is 0 Å². The van der Waals surface area contributed by atoms with Gasteiger partial charge in [0.2, 0.25) is 0 Å². The second-order valence-corrected chi connectivity index (χ2v) is 5.81. The van der Waals surface area contributed by atoms with Crippen LogP contribution in [0.25, 0.3) is 16.3 Å². The first-order valence-electron chi connectivity index (χ1n) is 8.16. The summed E-state index contributed by atoms with van der Waals surface area (Å²) < 4.78 is 5.76. The molecule has 0 saturated heterocycles. The second kappa shape index (κ2) is 6.35. The molecule has 0 heterocycles. The summed E-state index contributed by atoms with van der Waals surface area (Å²) in [5.74, 6) is -0.102. The van der Waals surface area contributed by atoms with Gasteiger partial charge in [0.25, 0.3) is 0 Å². The van der Waals surface area contributed by atoms with Crippen LogP contribution >= 0.6 is 0 Å². The average Bonchev–Trinajstić information content (AvgIpc) is 2.55. The van der Waals surface area contributed by atoms with E-state index in [1.165, 1.54) is 21.9 Å². The van der Waals surface area contributed by atoms with E-state index >= 15 is 0 Å². The van der Waals surface area contributed by atoms with Crippen LogP contribution in [-0.2, 0) is 9.53 Å². The van der Waals surface area contributed by atoms with Gasteiger partial charge in [-0.15, -0.1) is 0 Å². The van der Waals surface area contributed by atoms with Gasteiger partial charge in [-0.1, -0.05) is 56.7 Å². The zero-order valence-electron chi connectivity index (χ0n) is 13.3. The summed E-state index contributed by atoms with van der Waals surface area (Å²) in [4.78, 5) is 12.0. The molecule has 0 aromatic heterocycles. The Hall–Kier alpha value is -2.09. The fraction of sp³-hybridized carbons (Fsp3) is 0.350. The van der Waals surface area contributed by atoms with Gasteiger partial charge in [0, 0.05) is 12.0 Å². The SMILES string of the molecule is CCCCC(=O)OC1C=C(CC)c2cccc3cccc1c23. The van der Waals surface area contributed by atoms with Crippen LogP contribution in [0, 0.1) is 0 Å². The first-order chi connectivity index (χ1) is 10.7. The second-order valence-electron chi connectivity index (χ2n) is 5.81. The molecule has 0 amide bonds. The zero-order valence-corrected chi connectivity index (χ0v) is 13.3. The van der Waals surface area contributed by atoms with Crippen molar-refractivity contribution in [2.75, 3.05) is 0 Å². The van der Waals surface area contributed by atoms with Crippen molar-refractivity contribution in [1.82, 2.24) is 0 Å². The van der Waals surface area contributed by atoms with Crippen molar-refractivity contribution in [2.24, 2.45) is 0 Å². The third-order valence-electron chi connectivity index (χ3n) is 4.32. The minimum atomic E-state index is -0.252. The fourth-order valence-electron chi connectivity index (χ4n) is 3.16. The van der Waals surface area contributed by atoms with Crippen molar-refractivity contribution in [2.45, 2.75) is 45.6 Å². The van der Waals surface area contributed by atoms with Crippen molar-refractivity contribution < 1.29 is 9.53 Å². The lowest BCUT2D eigenvalue weighted by molar-refractivity contribution is -0.147. The molecule has 2 heteroatoms. The van der Waals surface area contributed by atoms with Crippen LogP contribution in [0.1, 0.15) is 56.8 Å². The molecule has 114 valence electrons. The van der Waals surface area contributed by atoms with E-state index in [0.717, 1.165) is 24.8 Å². The number of carbonyl (C=O) groups excluding carboxylic acids is 1. The predicted molar refractivity (Wildman–Crippen MR) is 90.6 cm³/mol. The Morgan fingerprint density at radius 3 is 2.64 bits per heavy atom. The van der Waals surface area contributed by atoms with Gasteiger partial charge in [0.05, 0.1) is 0 Å². The molecule has 3 rings (SSSR count). The van der Waals surface area contributed by atoms with E-state index < -0.39 is 0 Å². The molecule has 22 heavy (non-hydrogen) atoms. The van der Waals surface area contributed by atoms with Gasteiger partial charge in [-0.25, -0.2) is 0 Å². The molecule has 1 aliphatic rings. The molecule has 1 aliphatic carbocycles. The molecule has 0 bridgehead atoms. The summed E-state index contributed by atoms with van der Waals surface area (Å²) in [6.07, 6.45) is 5.19. The summed E-state index contributed by atoms with van der Waals surface area (Å²) in [7, 11) is 0. The molecular formula is C20H22O2. The van der Waals surface area contributed by atoms with Gasteiger partial charge in [-0.2, -0.15) is 0 Å². The standard InChI is InChI=1S/C20H22O2/c1-3-5-12-19(21)22-18-13-14(4-2)16-10-6-8-15-9-7-11-17(18)20(15)16/h6-11,13,18H,3-5,12H2,1-2H3. The monoisotopic (exact) mass is 294 g/mol. The smallest absolute Gasteiger partial charge is 0.306 e. The van der Waals surface area contributed by atoms with E-state index in [1.807, 2.05) is 6.07 Å². The van der Waals surface area contributed by atoms with E-state index in [4.69, 9.17) is 4.74 Å². The highest BCUT2D eigenvalue weighted by molar-refractivity contribution is 5.98. The quantitative estimate of drug-likeness (QED) is 0.688. The number of hydrogen-bond acceptors (Lipinski definition) is 2. The van der Waals surface area contributed by atoms with E-state index in [0.29, 0.717) is 6.42 Å². The molecule has 2 aromatic carbocycles. The lowest BCUT2D eigenvalue weighted by atomic mass is 9.86. The third-order valence-corrected chi connectivity index (χ3v) is 4.32. The number of ether oxygens (including phenoxy) is 1. The number of benzene rings is 2. The topological polar surface area (TPSA) is 26.3 Å². The summed E-state index contributed by atoms with van der Waals surface area (Å²) in [5.41, 5.74) is 3.64. The Morgan fingerprint density at radius 2 is 1.91 bits per heavy atom. The Morgan fingerprint density at radius 1 is 1.14 bits per heavy atom. The maximum absolute atomic E-state index is 12.0.